The van der Waals surface area contributed by atoms with Crippen LogP contribution in [0.1, 0.15) is 19.5 Å². The summed E-state index contributed by atoms with van der Waals surface area (Å²) in [5.41, 5.74) is 6.46. The van der Waals surface area contributed by atoms with Gasteiger partial charge >= 0.3 is 0 Å². The summed E-state index contributed by atoms with van der Waals surface area (Å²) in [6.07, 6.45) is 1.86. The van der Waals surface area contributed by atoms with Gasteiger partial charge in [-0.2, -0.15) is 0 Å². The molecule has 5 heteroatoms. The van der Waals surface area contributed by atoms with Crippen molar-refractivity contribution in [1.82, 2.24) is 15.0 Å². The van der Waals surface area contributed by atoms with Crippen molar-refractivity contribution in [2.75, 3.05) is 6.61 Å². The van der Waals surface area contributed by atoms with Crippen molar-refractivity contribution in [2.24, 2.45) is 5.73 Å². The quantitative estimate of drug-likeness (QED) is 0.708. The number of hydrogen-bond donors (Lipinski definition) is 1. The normalized spacial score (nSPS) is 13.2. The third kappa shape index (κ3) is 3.52. The molecule has 0 unspecified atom stereocenters. The third-order valence-electron chi connectivity index (χ3n) is 1.52. The number of nitrogens with zero attached hydrogens (tertiary/aromatic N) is 3. The molecule has 5 nitrogen and oxygen atoms in total. The Morgan fingerprint density at radius 1 is 1.69 bits per heavy atom. The third-order valence-corrected chi connectivity index (χ3v) is 1.52. The molecule has 1 heterocycles. The van der Waals surface area contributed by atoms with E-state index in [0.29, 0.717) is 19.8 Å². The standard InChI is InChI=1S/C8H16N4O/c1-3-13-6-8-5-12(11-10-8)4-7(2)9/h5,7H,3-4,6,9H2,1-2H3/t7-/m1/s1. The summed E-state index contributed by atoms with van der Waals surface area (Å²) >= 11 is 0. The average molecular weight is 184 g/mol. The van der Waals surface area contributed by atoms with E-state index < -0.39 is 0 Å². The van der Waals surface area contributed by atoms with Crippen LogP contribution in [0.15, 0.2) is 6.20 Å². The van der Waals surface area contributed by atoms with Crippen LogP contribution < -0.4 is 5.73 Å². The molecule has 0 saturated carbocycles. The van der Waals surface area contributed by atoms with Crippen molar-refractivity contribution in [2.45, 2.75) is 33.0 Å². The molecule has 1 aromatic rings. The first-order valence-corrected chi connectivity index (χ1v) is 4.44. The van der Waals surface area contributed by atoms with Crippen LogP contribution >= 0.6 is 0 Å². The molecule has 0 aliphatic rings. The van der Waals surface area contributed by atoms with Gasteiger partial charge in [-0.15, -0.1) is 5.10 Å². The molecular formula is C8H16N4O. The minimum Gasteiger partial charge on any atom is -0.375 e. The predicted molar refractivity (Wildman–Crippen MR) is 49.0 cm³/mol. The fraction of sp³-hybridized carbons (Fsp3) is 0.750. The first kappa shape index (κ1) is 10.1. The highest BCUT2D eigenvalue weighted by atomic mass is 16.5. The maximum absolute atomic E-state index is 5.61. The summed E-state index contributed by atoms with van der Waals surface area (Å²) < 4.78 is 6.93. The van der Waals surface area contributed by atoms with E-state index in [2.05, 4.69) is 10.3 Å². The van der Waals surface area contributed by atoms with Gasteiger partial charge in [-0.25, -0.2) is 0 Å². The molecule has 74 valence electrons. The largest absolute Gasteiger partial charge is 0.375 e. The van der Waals surface area contributed by atoms with Gasteiger partial charge in [0.1, 0.15) is 5.69 Å². The summed E-state index contributed by atoms with van der Waals surface area (Å²) in [6, 6.07) is 0.0987. The lowest BCUT2D eigenvalue weighted by Gasteiger charge is -2.02. The first-order chi connectivity index (χ1) is 6.22. The van der Waals surface area contributed by atoms with Crippen LogP contribution in [0.3, 0.4) is 0 Å². The van der Waals surface area contributed by atoms with E-state index in [1.54, 1.807) is 4.68 Å². The van der Waals surface area contributed by atoms with Crippen molar-refractivity contribution >= 4 is 0 Å². The van der Waals surface area contributed by atoms with Crippen molar-refractivity contribution in [3.8, 4) is 0 Å². The topological polar surface area (TPSA) is 66.0 Å². The van der Waals surface area contributed by atoms with Crippen LogP contribution in [0.2, 0.25) is 0 Å². The zero-order chi connectivity index (χ0) is 9.68. The lowest BCUT2D eigenvalue weighted by Crippen LogP contribution is -2.22. The van der Waals surface area contributed by atoms with Crippen LogP contribution in [0.25, 0.3) is 0 Å². The zero-order valence-corrected chi connectivity index (χ0v) is 8.10. The van der Waals surface area contributed by atoms with E-state index in [1.807, 2.05) is 20.0 Å². The Balaban J connectivity index is 2.44. The Labute approximate surface area is 77.9 Å². The van der Waals surface area contributed by atoms with E-state index in [1.165, 1.54) is 0 Å². The van der Waals surface area contributed by atoms with Crippen LogP contribution in [0.4, 0.5) is 0 Å². The lowest BCUT2D eigenvalue weighted by atomic mass is 10.4. The second-order valence-electron chi connectivity index (χ2n) is 3.05. The van der Waals surface area contributed by atoms with E-state index in [0.717, 1.165) is 5.69 Å². The SMILES string of the molecule is CCOCc1cn(C[C@@H](C)N)nn1. The van der Waals surface area contributed by atoms with Gasteiger partial charge in [0.05, 0.1) is 19.3 Å². The molecule has 1 aromatic heterocycles. The monoisotopic (exact) mass is 184 g/mol. The van der Waals surface area contributed by atoms with Gasteiger partial charge in [0.25, 0.3) is 0 Å². The van der Waals surface area contributed by atoms with Gasteiger partial charge in [-0.3, -0.25) is 4.68 Å². The molecule has 1 rings (SSSR count). The van der Waals surface area contributed by atoms with Gasteiger partial charge in [0, 0.05) is 12.6 Å². The van der Waals surface area contributed by atoms with E-state index in [9.17, 15) is 0 Å². The van der Waals surface area contributed by atoms with Crippen molar-refractivity contribution in [3.63, 3.8) is 0 Å². The van der Waals surface area contributed by atoms with Crippen molar-refractivity contribution in [1.29, 1.82) is 0 Å². The highest BCUT2D eigenvalue weighted by Crippen LogP contribution is 1.96. The van der Waals surface area contributed by atoms with Crippen molar-refractivity contribution in [3.05, 3.63) is 11.9 Å². The smallest absolute Gasteiger partial charge is 0.108 e. The fourth-order valence-electron chi connectivity index (χ4n) is 0.996. The molecule has 0 spiro atoms. The Bertz CT molecular complexity index is 246. The van der Waals surface area contributed by atoms with Gasteiger partial charge in [-0.05, 0) is 13.8 Å². The molecule has 0 radical (unpaired) electrons. The van der Waals surface area contributed by atoms with Crippen LogP contribution in [-0.4, -0.2) is 27.6 Å². The molecule has 1 atom stereocenters. The molecule has 0 amide bonds. The van der Waals surface area contributed by atoms with Gasteiger partial charge in [0.2, 0.25) is 0 Å². The Hall–Kier alpha value is -0.940. The van der Waals surface area contributed by atoms with Gasteiger partial charge < -0.3 is 10.5 Å². The van der Waals surface area contributed by atoms with E-state index in [4.69, 9.17) is 10.5 Å². The average Bonchev–Trinajstić information content (AvgIpc) is 2.48. The summed E-state index contributed by atoms with van der Waals surface area (Å²) in [5.74, 6) is 0. The second kappa shape index (κ2) is 4.94. The number of hydrogen-bond acceptors (Lipinski definition) is 4. The molecule has 0 aromatic carbocycles. The second-order valence-corrected chi connectivity index (χ2v) is 3.05. The van der Waals surface area contributed by atoms with Crippen LogP contribution in [0, 0.1) is 0 Å². The molecule has 2 N–H and O–H groups in total. The summed E-state index contributed by atoms with van der Waals surface area (Å²) in [6.45, 7) is 5.80. The maximum Gasteiger partial charge on any atom is 0.108 e. The zero-order valence-electron chi connectivity index (χ0n) is 8.10. The maximum atomic E-state index is 5.61. The molecule has 0 aliphatic heterocycles. The lowest BCUT2D eigenvalue weighted by molar-refractivity contribution is 0.131. The van der Waals surface area contributed by atoms with E-state index >= 15 is 0 Å². The minimum atomic E-state index is 0.0987. The Morgan fingerprint density at radius 2 is 2.46 bits per heavy atom. The van der Waals surface area contributed by atoms with Crippen LogP contribution in [-0.2, 0) is 17.9 Å². The molecular weight excluding hydrogens is 168 g/mol. The number of ether oxygens (including phenoxy) is 1. The summed E-state index contributed by atoms with van der Waals surface area (Å²) in [5, 5.41) is 7.86. The Kier molecular flexibility index (Phi) is 3.85. The Morgan fingerprint density at radius 3 is 3.08 bits per heavy atom. The van der Waals surface area contributed by atoms with E-state index in [-0.39, 0.29) is 6.04 Å². The number of rotatable bonds is 5. The number of nitrogens with two attached hydrogens (primary N) is 1. The number of aromatic nitrogens is 3. The van der Waals surface area contributed by atoms with Gasteiger partial charge in [0.15, 0.2) is 0 Å². The molecule has 0 bridgehead atoms. The summed E-state index contributed by atoms with van der Waals surface area (Å²) in [7, 11) is 0. The summed E-state index contributed by atoms with van der Waals surface area (Å²) in [4.78, 5) is 0. The minimum absolute atomic E-state index is 0.0987. The van der Waals surface area contributed by atoms with Crippen LogP contribution in [0.5, 0.6) is 0 Å². The predicted octanol–water partition coefficient (Wildman–Crippen LogP) is 0.162. The first-order valence-electron chi connectivity index (χ1n) is 4.44. The molecule has 0 saturated heterocycles. The highest BCUT2D eigenvalue weighted by molar-refractivity contribution is 4.89. The molecule has 0 aliphatic carbocycles. The highest BCUT2D eigenvalue weighted by Gasteiger charge is 2.01. The molecule has 13 heavy (non-hydrogen) atoms. The molecule has 0 fully saturated rings. The van der Waals surface area contributed by atoms with Gasteiger partial charge in [-0.1, -0.05) is 5.21 Å². The fourth-order valence-corrected chi connectivity index (χ4v) is 0.996. The van der Waals surface area contributed by atoms with Crippen molar-refractivity contribution < 1.29 is 4.74 Å².